The Balaban J connectivity index is 1.27. The summed E-state index contributed by atoms with van der Waals surface area (Å²) in [7, 11) is 1.57. The summed E-state index contributed by atoms with van der Waals surface area (Å²) in [6.07, 6.45) is 7.86. The zero-order chi connectivity index (χ0) is 26.0. The van der Waals surface area contributed by atoms with E-state index in [4.69, 9.17) is 4.74 Å². The highest BCUT2D eigenvalue weighted by Crippen LogP contribution is 2.48. The van der Waals surface area contributed by atoms with E-state index < -0.39 is 23.0 Å². The number of rotatable bonds is 7. The molecular formula is C28H30F2N4O3. The fraction of sp³-hybridized carbons (Fsp3) is 0.393. The van der Waals surface area contributed by atoms with Gasteiger partial charge in [0, 0.05) is 43.5 Å². The van der Waals surface area contributed by atoms with Crippen LogP contribution in [0.4, 0.5) is 14.5 Å². The first-order chi connectivity index (χ1) is 17.9. The van der Waals surface area contributed by atoms with Crippen molar-refractivity contribution >= 4 is 28.8 Å². The highest BCUT2D eigenvalue weighted by Gasteiger charge is 2.52. The summed E-state index contributed by atoms with van der Waals surface area (Å²) in [5, 5.41) is 13.8. The van der Waals surface area contributed by atoms with Gasteiger partial charge in [-0.2, -0.15) is 0 Å². The average Bonchev–Trinajstić information content (AvgIpc) is 2.91. The number of pyridine rings is 2. The van der Waals surface area contributed by atoms with E-state index in [2.05, 4.69) is 20.2 Å². The first-order valence-corrected chi connectivity index (χ1v) is 12.5. The number of carboxylic acids is 1. The molecule has 3 unspecified atom stereocenters. The number of anilines is 1. The summed E-state index contributed by atoms with van der Waals surface area (Å²) in [5.41, 5.74) is 1.68. The first kappa shape index (κ1) is 25.1. The van der Waals surface area contributed by atoms with Gasteiger partial charge in [0.2, 0.25) is 5.88 Å². The molecule has 1 aliphatic heterocycles. The van der Waals surface area contributed by atoms with Gasteiger partial charge in [0.15, 0.2) is 0 Å². The van der Waals surface area contributed by atoms with Crippen LogP contribution in [-0.4, -0.2) is 53.8 Å². The molecule has 2 N–H and O–H groups in total. The smallest absolute Gasteiger partial charge is 0.311 e. The number of methoxy groups -OCH3 is 1. The van der Waals surface area contributed by atoms with Crippen LogP contribution < -0.4 is 15.0 Å². The van der Waals surface area contributed by atoms with Crippen LogP contribution in [0.5, 0.6) is 5.88 Å². The molecule has 2 fully saturated rings. The van der Waals surface area contributed by atoms with Crippen molar-refractivity contribution in [2.45, 2.75) is 31.7 Å². The van der Waals surface area contributed by atoms with E-state index in [0.29, 0.717) is 30.9 Å². The maximum Gasteiger partial charge on any atom is 0.311 e. The van der Waals surface area contributed by atoms with Crippen LogP contribution >= 0.6 is 0 Å². The molecule has 2 aliphatic rings. The van der Waals surface area contributed by atoms with Crippen LogP contribution in [-0.2, 0) is 4.79 Å². The van der Waals surface area contributed by atoms with E-state index in [9.17, 15) is 18.7 Å². The Morgan fingerprint density at radius 2 is 2.14 bits per heavy atom. The lowest BCUT2D eigenvalue weighted by Crippen LogP contribution is -2.57. The lowest BCUT2D eigenvalue weighted by Gasteiger charge is -2.50. The molecule has 37 heavy (non-hydrogen) atoms. The van der Waals surface area contributed by atoms with Gasteiger partial charge in [-0.15, -0.1) is 0 Å². The van der Waals surface area contributed by atoms with Gasteiger partial charge in [-0.1, -0.05) is 12.2 Å². The number of nitrogens with one attached hydrogen (secondary N) is 1. The summed E-state index contributed by atoms with van der Waals surface area (Å²) in [4.78, 5) is 23.8. The molecular weight excluding hydrogens is 478 g/mol. The van der Waals surface area contributed by atoms with Crippen molar-refractivity contribution in [1.29, 1.82) is 0 Å². The van der Waals surface area contributed by atoms with Crippen molar-refractivity contribution in [1.82, 2.24) is 15.3 Å². The maximum absolute atomic E-state index is 13.8. The monoisotopic (exact) mass is 508 g/mol. The molecule has 5 rings (SSSR count). The predicted molar refractivity (Wildman–Crippen MR) is 138 cm³/mol. The Labute approximate surface area is 214 Å². The highest BCUT2D eigenvalue weighted by atomic mass is 19.1. The highest BCUT2D eigenvalue weighted by molar-refractivity contribution is 5.89. The molecule has 194 valence electrons. The lowest BCUT2D eigenvalue weighted by atomic mass is 9.61. The van der Waals surface area contributed by atoms with Crippen LogP contribution in [0, 0.1) is 23.0 Å². The summed E-state index contributed by atoms with van der Waals surface area (Å²) in [6.45, 7) is 1.63. The van der Waals surface area contributed by atoms with Crippen LogP contribution in [0.15, 0.2) is 48.7 Å². The SMILES string of the molecule is COc1ccc2nccc(N3CCC4CC(NC/C=C/c5cc(F)ccc5F)CCC4(C(=O)O)C3)c2n1. The van der Waals surface area contributed by atoms with Crippen molar-refractivity contribution in [3.63, 3.8) is 0 Å². The Morgan fingerprint density at radius 3 is 2.95 bits per heavy atom. The molecule has 1 saturated heterocycles. The standard InChI is InChI=1S/C28H30F2N4O3/c1-37-25-7-6-23-26(33-25)24(9-13-32-23)34-14-10-19-16-21(8-11-28(19,17-34)27(35)36)31-12-2-3-18-15-20(29)4-5-22(18)30/h2-7,9,13,15,19,21,31H,8,10-12,14,16-17H2,1H3,(H,35,36)/b3-2+. The van der Waals surface area contributed by atoms with Crippen molar-refractivity contribution in [3.8, 4) is 5.88 Å². The van der Waals surface area contributed by atoms with E-state index >= 15 is 0 Å². The molecule has 1 aliphatic carbocycles. The zero-order valence-corrected chi connectivity index (χ0v) is 20.7. The molecule has 0 spiro atoms. The van der Waals surface area contributed by atoms with Crippen LogP contribution in [0.25, 0.3) is 17.1 Å². The molecule has 3 atom stereocenters. The molecule has 2 aromatic heterocycles. The third-order valence-corrected chi connectivity index (χ3v) is 7.80. The third-order valence-electron chi connectivity index (χ3n) is 7.80. The quantitative estimate of drug-likeness (QED) is 0.480. The fourth-order valence-corrected chi connectivity index (χ4v) is 5.82. The second-order valence-corrected chi connectivity index (χ2v) is 9.87. The number of carboxylic acid groups (broad SMARTS) is 1. The number of aliphatic carboxylic acids is 1. The minimum atomic E-state index is -0.842. The molecule has 0 amide bonds. The molecule has 0 radical (unpaired) electrons. The number of hydrogen-bond acceptors (Lipinski definition) is 6. The van der Waals surface area contributed by atoms with Crippen LogP contribution in [0.2, 0.25) is 0 Å². The van der Waals surface area contributed by atoms with E-state index in [0.717, 1.165) is 49.1 Å². The Bertz CT molecular complexity index is 1330. The summed E-state index contributed by atoms with van der Waals surface area (Å²) >= 11 is 0. The molecule has 9 heteroatoms. The van der Waals surface area contributed by atoms with Gasteiger partial charge in [-0.3, -0.25) is 9.78 Å². The molecule has 1 saturated carbocycles. The maximum atomic E-state index is 13.8. The summed E-state index contributed by atoms with van der Waals surface area (Å²) < 4.78 is 32.5. The van der Waals surface area contributed by atoms with E-state index in [1.165, 1.54) is 6.07 Å². The third kappa shape index (κ3) is 5.00. The average molecular weight is 509 g/mol. The van der Waals surface area contributed by atoms with Crippen LogP contribution in [0.1, 0.15) is 31.2 Å². The van der Waals surface area contributed by atoms with Gasteiger partial charge in [-0.05, 0) is 61.9 Å². The second-order valence-electron chi connectivity index (χ2n) is 9.87. The van der Waals surface area contributed by atoms with Gasteiger partial charge < -0.3 is 20.1 Å². The molecule has 3 heterocycles. The number of hydrogen-bond donors (Lipinski definition) is 2. The number of piperidine rings is 1. The van der Waals surface area contributed by atoms with Gasteiger partial charge in [0.05, 0.1) is 23.7 Å². The minimum absolute atomic E-state index is 0.0349. The first-order valence-electron chi connectivity index (χ1n) is 12.5. The van der Waals surface area contributed by atoms with Gasteiger partial charge >= 0.3 is 5.97 Å². The van der Waals surface area contributed by atoms with Crippen molar-refractivity contribution in [2.75, 3.05) is 31.6 Å². The Hall–Kier alpha value is -3.59. The van der Waals surface area contributed by atoms with Gasteiger partial charge in [0.1, 0.15) is 17.2 Å². The van der Waals surface area contributed by atoms with Gasteiger partial charge in [0.25, 0.3) is 0 Å². The fourth-order valence-electron chi connectivity index (χ4n) is 5.82. The second kappa shape index (κ2) is 10.4. The molecule has 3 aromatic rings. The number of aromatic nitrogens is 2. The molecule has 7 nitrogen and oxygen atoms in total. The number of ether oxygens (including phenoxy) is 1. The number of carbonyl (C=O) groups is 1. The normalized spacial score (nSPS) is 23.8. The van der Waals surface area contributed by atoms with Crippen molar-refractivity contribution < 1.29 is 23.4 Å². The van der Waals surface area contributed by atoms with Gasteiger partial charge in [-0.25, -0.2) is 13.8 Å². The van der Waals surface area contributed by atoms with Crippen molar-refractivity contribution in [2.24, 2.45) is 11.3 Å². The van der Waals surface area contributed by atoms with Crippen LogP contribution in [0.3, 0.4) is 0 Å². The summed E-state index contributed by atoms with van der Waals surface area (Å²) in [5.74, 6) is -1.18. The number of halogens is 2. The number of fused-ring (bicyclic) bond motifs is 2. The largest absolute Gasteiger partial charge is 0.481 e. The predicted octanol–water partition coefficient (Wildman–Crippen LogP) is 4.67. The Kier molecular flexibility index (Phi) is 7.06. The minimum Gasteiger partial charge on any atom is -0.481 e. The number of nitrogens with zero attached hydrogens (tertiary/aromatic N) is 3. The van der Waals surface area contributed by atoms with E-state index in [1.54, 1.807) is 31.5 Å². The lowest BCUT2D eigenvalue weighted by molar-refractivity contribution is -0.156. The molecule has 1 aromatic carbocycles. The van der Waals surface area contributed by atoms with Crippen molar-refractivity contribution in [3.05, 3.63) is 65.9 Å². The van der Waals surface area contributed by atoms with E-state index in [-0.39, 0.29) is 17.5 Å². The van der Waals surface area contributed by atoms with E-state index in [1.807, 2.05) is 12.1 Å². The Morgan fingerprint density at radius 1 is 1.27 bits per heavy atom. The topological polar surface area (TPSA) is 87.6 Å². The number of benzene rings is 1. The molecule has 0 bridgehead atoms. The summed E-state index contributed by atoms with van der Waals surface area (Å²) in [6, 6.07) is 9.06. The zero-order valence-electron chi connectivity index (χ0n) is 20.7.